The molecule has 0 aromatic rings. The SMILES string of the molecule is CCOC(=O)CC1=NN=C(CC)C1. The molecule has 0 amide bonds. The molecule has 0 radical (unpaired) electrons. The van der Waals surface area contributed by atoms with E-state index in [0.29, 0.717) is 6.61 Å². The van der Waals surface area contributed by atoms with E-state index in [0.717, 1.165) is 24.3 Å². The van der Waals surface area contributed by atoms with E-state index >= 15 is 0 Å². The summed E-state index contributed by atoms with van der Waals surface area (Å²) in [4.78, 5) is 11.0. The molecule has 1 aliphatic heterocycles. The summed E-state index contributed by atoms with van der Waals surface area (Å²) in [5, 5.41) is 7.86. The molecule has 1 heterocycles. The first-order chi connectivity index (χ1) is 6.26. The van der Waals surface area contributed by atoms with E-state index in [1.165, 1.54) is 0 Å². The van der Waals surface area contributed by atoms with Crippen LogP contribution in [0, 0.1) is 0 Å². The van der Waals surface area contributed by atoms with Gasteiger partial charge in [0.05, 0.1) is 18.7 Å². The van der Waals surface area contributed by atoms with Gasteiger partial charge in [-0.15, -0.1) is 0 Å². The fraction of sp³-hybridized carbons (Fsp3) is 0.667. The Kier molecular flexibility index (Phi) is 3.61. The summed E-state index contributed by atoms with van der Waals surface area (Å²) < 4.78 is 4.80. The number of carbonyl (C=O) groups is 1. The Balaban J connectivity index is 2.30. The molecule has 0 saturated heterocycles. The van der Waals surface area contributed by atoms with Crippen LogP contribution in [0.3, 0.4) is 0 Å². The molecular formula is C9H14N2O2. The van der Waals surface area contributed by atoms with Gasteiger partial charge >= 0.3 is 5.97 Å². The van der Waals surface area contributed by atoms with Crippen LogP contribution in [0.25, 0.3) is 0 Å². The lowest BCUT2D eigenvalue weighted by Crippen LogP contribution is -2.11. The Hall–Kier alpha value is -1.19. The average molecular weight is 182 g/mol. The van der Waals surface area contributed by atoms with Crippen molar-refractivity contribution >= 4 is 17.4 Å². The van der Waals surface area contributed by atoms with Crippen LogP contribution >= 0.6 is 0 Å². The maximum absolute atomic E-state index is 11.0. The largest absolute Gasteiger partial charge is 0.466 e. The minimum absolute atomic E-state index is 0.214. The zero-order chi connectivity index (χ0) is 9.68. The molecule has 72 valence electrons. The summed E-state index contributed by atoms with van der Waals surface area (Å²) in [5.41, 5.74) is 1.86. The molecule has 0 aromatic carbocycles. The Bertz CT molecular complexity index is 256. The van der Waals surface area contributed by atoms with E-state index in [1.54, 1.807) is 6.92 Å². The summed E-state index contributed by atoms with van der Waals surface area (Å²) in [6.07, 6.45) is 1.91. The van der Waals surface area contributed by atoms with Crippen molar-refractivity contribution in [3.63, 3.8) is 0 Å². The van der Waals surface area contributed by atoms with Crippen LogP contribution < -0.4 is 0 Å². The Morgan fingerprint density at radius 1 is 1.38 bits per heavy atom. The highest BCUT2D eigenvalue weighted by Gasteiger charge is 2.14. The maximum Gasteiger partial charge on any atom is 0.311 e. The molecule has 4 nitrogen and oxygen atoms in total. The minimum Gasteiger partial charge on any atom is -0.466 e. The summed E-state index contributed by atoms with van der Waals surface area (Å²) in [6, 6.07) is 0. The molecule has 0 atom stereocenters. The van der Waals surface area contributed by atoms with Crippen molar-refractivity contribution in [1.29, 1.82) is 0 Å². The number of carbonyl (C=O) groups excluding carboxylic acids is 1. The number of hydrogen-bond donors (Lipinski definition) is 0. The van der Waals surface area contributed by atoms with Crippen LogP contribution in [0.5, 0.6) is 0 Å². The zero-order valence-electron chi connectivity index (χ0n) is 8.04. The first kappa shape index (κ1) is 9.89. The lowest BCUT2D eigenvalue weighted by molar-refractivity contribution is -0.141. The molecule has 0 aromatic heterocycles. The van der Waals surface area contributed by atoms with Gasteiger partial charge in [0, 0.05) is 12.1 Å². The minimum atomic E-state index is -0.214. The quantitative estimate of drug-likeness (QED) is 0.619. The molecule has 13 heavy (non-hydrogen) atoms. The first-order valence-electron chi connectivity index (χ1n) is 4.53. The zero-order valence-corrected chi connectivity index (χ0v) is 8.04. The number of esters is 1. The second kappa shape index (κ2) is 4.74. The lowest BCUT2D eigenvalue weighted by Gasteiger charge is -2.00. The van der Waals surface area contributed by atoms with Crippen LogP contribution in [0.2, 0.25) is 0 Å². The second-order valence-electron chi connectivity index (χ2n) is 2.84. The summed E-state index contributed by atoms with van der Waals surface area (Å²) in [7, 11) is 0. The van der Waals surface area contributed by atoms with E-state index in [9.17, 15) is 4.79 Å². The average Bonchev–Trinajstić information content (AvgIpc) is 2.52. The van der Waals surface area contributed by atoms with Crippen molar-refractivity contribution in [3.8, 4) is 0 Å². The summed E-state index contributed by atoms with van der Waals surface area (Å²) in [6.45, 7) is 4.25. The molecule has 0 unspecified atom stereocenters. The predicted molar refractivity (Wildman–Crippen MR) is 51.0 cm³/mol. The third-order valence-electron chi connectivity index (χ3n) is 1.80. The van der Waals surface area contributed by atoms with Gasteiger partial charge in [-0.1, -0.05) is 6.92 Å². The van der Waals surface area contributed by atoms with Gasteiger partial charge in [-0.25, -0.2) is 0 Å². The van der Waals surface area contributed by atoms with E-state index in [1.807, 2.05) is 6.92 Å². The Morgan fingerprint density at radius 2 is 2.08 bits per heavy atom. The van der Waals surface area contributed by atoms with E-state index in [4.69, 9.17) is 4.74 Å². The van der Waals surface area contributed by atoms with Gasteiger partial charge in [-0.05, 0) is 13.3 Å². The van der Waals surface area contributed by atoms with E-state index in [-0.39, 0.29) is 12.4 Å². The van der Waals surface area contributed by atoms with Crippen molar-refractivity contribution < 1.29 is 9.53 Å². The van der Waals surface area contributed by atoms with Gasteiger partial charge in [0.15, 0.2) is 0 Å². The molecule has 1 aliphatic rings. The fourth-order valence-electron chi connectivity index (χ4n) is 1.12. The molecular weight excluding hydrogens is 168 g/mol. The van der Waals surface area contributed by atoms with Crippen LogP contribution in [-0.2, 0) is 9.53 Å². The van der Waals surface area contributed by atoms with Gasteiger partial charge in [-0.3, -0.25) is 4.79 Å². The van der Waals surface area contributed by atoms with Gasteiger partial charge in [0.1, 0.15) is 0 Å². The van der Waals surface area contributed by atoms with Crippen LogP contribution in [0.4, 0.5) is 0 Å². The molecule has 0 aliphatic carbocycles. The molecule has 4 heteroatoms. The first-order valence-corrected chi connectivity index (χ1v) is 4.53. The van der Waals surface area contributed by atoms with Crippen molar-refractivity contribution in [2.24, 2.45) is 10.2 Å². The smallest absolute Gasteiger partial charge is 0.311 e. The highest BCUT2D eigenvalue weighted by molar-refractivity contribution is 6.12. The van der Waals surface area contributed by atoms with E-state index < -0.39 is 0 Å². The number of nitrogens with zero attached hydrogens (tertiary/aromatic N) is 2. The second-order valence-corrected chi connectivity index (χ2v) is 2.84. The lowest BCUT2D eigenvalue weighted by atomic mass is 10.1. The van der Waals surface area contributed by atoms with Gasteiger partial charge in [0.2, 0.25) is 0 Å². The summed E-state index contributed by atoms with van der Waals surface area (Å²) in [5.74, 6) is -0.214. The van der Waals surface area contributed by atoms with E-state index in [2.05, 4.69) is 10.2 Å². The van der Waals surface area contributed by atoms with Gasteiger partial charge in [0.25, 0.3) is 0 Å². The summed E-state index contributed by atoms with van der Waals surface area (Å²) >= 11 is 0. The topological polar surface area (TPSA) is 51.0 Å². The highest BCUT2D eigenvalue weighted by atomic mass is 16.5. The van der Waals surface area contributed by atoms with Crippen molar-refractivity contribution in [1.82, 2.24) is 0 Å². The Morgan fingerprint density at radius 3 is 2.62 bits per heavy atom. The maximum atomic E-state index is 11.0. The fourth-order valence-corrected chi connectivity index (χ4v) is 1.12. The molecule has 0 saturated carbocycles. The normalized spacial score (nSPS) is 15.2. The number of hydrogen-bond acceptors (Lipinski definition) is 4. The molecule has 0 fully saturated rings. The van der Waals surface area contributed by atoms with Crippen LogP contribution in [0.1, 0.15) is 33.1 Å². The number of rotatable bonds is 4. The van der Waals surface area contributed by atoms with Crippen LogP contribution in [-0.4, -0.2) is 24.0 Å². The highest BCUT2D eigenvalue weighted by Crippen LogP contribution is 2.08. The predicted octanol–water partition coefficient (Wildman–Crippen LogP) is 1.55. The van der Waals surface area contributed by atoms with Crippen molar-refractivity contribution in [2.45, 2.75) is 33.1 Å². The van der Waals surface area contributed by atoms with Crippen molar-refractivity contribution in [3.05, 3.63) is 0 Å². The van der Waals surface area contributed by atoms with Gasteiger partial charge < -0.3 is 4.74 Å². The molecule has 0 spiro atoms. The van der Waals surface area contributed by atoms with Crippen molar-refractivity contribution in [2.75, 3.05) is 6.61 Å². The third-order valence-corrected chi connectivity index (χ3v) is 1.80. The van der Waals surface area contributed by atoms with Crippen LogP contribution in [0.15, 0.2) is 10.2 Å². The molecule has 0 N–H and O–H groups in total. The Labute approximate surface area is 77.7 Å². The standard InChI is InChI=1S/C9H14N2O2/c1-3-7-5-8(11-10-7)6-9(12)13-4-2/h3-6H2,1-2H3. The van der Waals surface area contributed by atoms with Gasteiger partial charge in [-0.2, -0.15) is 10.2 Å². The molecule has 0 bridgehead atoms. The monoisotopic (exact) mass is 182 g/mol. The number of ether oxygens (including phenoxy) is 1. The molecule has 1 rings (SSSR count). The third kappa shape index (κ3) is 2.97.